The number of anilines is 1. The zero-order valence-electron chi connectivity index (χ0n) is 15.1. The number of nitrogens with zero attached hydrogens (tertiary/aromatic N) is 3. The Kier molecular flexibility index (Phi) is 4.10. The summed E-state index contributed by atoms with van der Waals surface area (Å²) in [5.41, 5.74) is 5.84. The molecule has 0 atom stereocenters. The lowest BCUT2D eigenvalue weighted by Gasteiger charge is -2.01. The van der Waals surface area contributed by atoms with Gasteiger partial charge < -0.3 is 4.42 Å². The average molecular weight is 384 g/mol. The smallest absolute Gasteiger partial charge is 0.158 e. The Bertz CT molecular complexity index is 1270. The molecule has 0 bridgehead atoms. The largest absolute Gasteiger partial charge is 0.455 e. The summed E-state index contributed by atoms with van der Waals surface area (Å²) >= 11 is 1.64. The minimum atomic E-state index is 0.680. The molecule has 0 fully saturated rings. The number of thiophene rings is 1. The van der Waals surface area contributed by atoms with Crippen molar-refractivity contribution < 1.29 is 4.42 Å². The maximum Gasteiger partial charge on any atom is 0.158 e. The van der Waals surface area contributed by atoms with Gasteiger partial charge in [0.1, 0.15) is 22.5 Å². The van der Waals surface area contributed by atoms with Gasteiger partial charge in [-0.05, 0) is 30.7 Å². The first-order chi connectivity index (χ1) is 13.8. The van der Waals surface area contributed by atoms with E-state index in [1.165, 1.54) is 5.56 Å². The second kappa shape index (κ2) is 6.90. The molecule has 6 heteroatoms. The van der Waals surface area contributed by atoms with Gasteiger partial charge in [0.25, 0.3) is 0 Å². The molecule has 5 nitrogen and oxygen atoms in total. The van der Waals surface area contributed by atoms with Gasteiger partial charge in [0, 0.05) is 10.3 Å². The van der Waals surface area contributed by atoms with Crippen molar-refractivity contribution in [3.05, 3.63) is 78.8 Å². The van der Waals surface area contributed by atoms with Gasteiger partial charge in [-0.15, -0.1) is 11.3 Å². The summed E-state index contributed by atoms with van der Waals surface area (Å²) < 4.78 is 5.87. The molecule has 0 saturated carbocycles. The van der Waals surface area contributed by atoms with Crippen LogP contribution < -0.4 is 5.43 Å². The molecule has 0 spiro atoms. The van der Waals surface area contributed by atoms with E-state index >= 15 is 0 Å². The number of hydrogen-bond donors (Lipinski definition) is 1. The molecule has 3 aromatic heterocycles. The van der Waals surface area contributed by atoms with E-state index in [1.807, 2.05) is 55.5 Å². The summed E-state index contributed by atoms with van der Waals surface area (Å²) in [6.07, 6.45) is 1.56. The quantitative estimate of drug-likeness (QED) is 0.308. The Balaban J connectivity index is 1.47. The predicted octanol–water partition coefficient (Wildman–Crippen LogP) is 5.94. The molecule has 0 aliphatic heterocycles. The first-order valence-electron chi connectivity index (χ1n) is 8.87. The van der Waals surface area contributed by atoms with Crippen molar-refractivity contribution in [3.63, 3.8) is 0 Å². The summed E-state index contributed by atoms with van der Waals surface area (Å²) in [5, 5.41) is 6.49. The number of furan rings is 1. The van der Waals surface area contributed by atoms with Crippen LogP contribution in [0.2, 0.25) is 0 Å². The molecule has 0 radical (unpaired) electrons. The molecule has 136 valence electrons. The summed E-state index contributed by atoms with van der Waals surface area (Å²) in [7, 11) is 0. The van der Waals surface area contributed by atoms with Crippen molar-refractivity contribution in [1.82, 2.24) is 9.97 Å². The Morgan fingerprint density at radius 1 is 1.00 bits per heavy atom. The maximum absolute atomic E-state index is 5.87. The van der Waals surface area contributed by atoms with E-state index in [-0.39, 0.29) is 0 Å². The van der Waals surface area contributed by atoms with Gasteiger partial charge >= 0.3 is 0 Å². The molecular formula is C22H16N4OS. The normalized spacial score (nSPS) is 12.0. The molecule has 0 unspecified atom stereocenters. The first kappa shape index (κ1) is 16.6. The molecule has 2 aromatic carbocycles. The van der Waals surface area contributed by atoms with Crippen LogP contribution in [0.5, 0.6) is 0 Å². The third-order valence-corrected chi connectivity index (χ3v) is 5.59. The lowest BCUT2D eigenvalue weighted by Crippen LogP contribution is -2.00. The van der Waals surface area contributed by atoms with Crippen LogP contribution in [0, 0.1) is 0 Å². The zero-order valence-corrected chi connectivity index (χ0v) is 15.9. The van der Waals surface area contributed by atoms with Crippen molar-refractivity contribution in [1.29, 1.82) is 0 Å². The SMILES string of the molecule is C/C(=N/Nc1ncnc2sc(-c3ccccc3)cc12)c1cc2ccccc2o1. The van der Waals surface area contributed by atoms with Crippen LogP contribution >= 0.6 is 11.3 Å². The Morgan fingerprint density at radius 3 is 2.68 bits per heavy atom. The maximum atomic E-state index is 5.87. The van der Waals surface area contributed by atoms with Gasteiger partial charge in [0.2, 0.25) is 0 Å². The van der Waals surface area contributed by atoms with Gasteiger partial charge in [-0.2, -0.15) is 5.10 Å². The lowest BCUT2D eigenvalue weighted by atomic mass is 10.2. The van der Waals surface area contributed by atoms with E-state index in [0.717, 1.165) is 37.5 Å². The highest BCUT2D eigenvalue weighted by molar-refractivity contribution is 7.21. The van der Waals surface area contributed by atoms with E-state index in [0.29, 0.717) is 5.82 Å². The fraction of sp³-hybridized carbons (Fsp3) is 0.0455. The number of nitrogens with one attached hydrogen (secondary N) is 1. The Labute approximate surface area is 165 Å². The number of para-hydroxylation sites is 1. The van der Waals surface area contributed by atoms with Crippen molar-refractivity contribution in [2.24, 2.45) is 5.10 Å². The summed E-state index contributed by atoms with van der Waals surface area (Å²) in [6, 6.07) is 22.3. The van der Waals surface area contributed by atoms with Crippen LogP contribution in [0.3, 0.4) is 0 Å². The van der Waals surface area contributed by atoms with Crippen molar-refractivity contribution in [2.75, 3.05) is 5.43 Å². The fourth-order valence-corrected chi connectivity index (χ4v) is 4.05. The van der Waals surface area contributed by atoms with Crippen molar-refractivity contribution in [2.45, 2.75) is 6.92 Å². The zero-order chi connectivity index (χ0) is 18.9. The molecule has 0 aliphatic rings. The van der Waals surface area contributed by atoms with E-state index in [1.54, 1.807) is 17.7 Å². The Hall–Kier alpha value is -3.51. The molecule has 5 rings (SSSR count). The van der Waals surface area contributed by atoms with Gasteiger partial charge in [0.05, 0.1) is 5.39 Å². The molecule has 1 N–H and O–H groups in total. The minimum absolute atomic E-state index is 0.680. The van der Waals surface area contributed by atoms with Gasteiger partial charge in [-0.1, -0.05) is 48.5 Å². The average Bonchev–Trinajstić information content (AvgIpc) is 3.37. The second-order valence-corrected chi connectivity index (χ2v) is 7.41. The fourth-order valence-electron chi connectivity index (χ4n) is 3.04. The molecule has 5 aromatic rings. The highest BCUT2D eigenvalue weighted by atomic mass is 32.1. The second-order valence-electron chi connectivity index (χ2n) is 6.38. The molecule has 3 heterocycles. The molecule has 0 aliphatic carbocycles. The summed E-state index contributed by atoms with van der Waals surface area (Å²) in [4.78, 5) is 10.8. The molecule has 0 amide bonds. The van der Waals surface area contributed by atoms with Crippen molar-refractivity contribution in [3.8, 4) is 10.4 Å². The number of fused-ring (bicyclic) bond motifs is 2. The van der Waals surface area contributed by atoms with Gasteiger partial charge in [0.15, 0.2) is 11.6 Å². The number of benzene rings is 2. The number of rotatable bonds is 4. The summed E-state index contributed by atoms with van der Waals surface area (Å²) in [5.74, 6) is 1.41. The predicted molar refractivity (Wildman–Crippen MR) is 115 cm³/mol. The van der Waals surface area contributed by atoms with Gasteiger partial charge in [-0.3, -0.25) is 5.43 Å². The van der Waals surface area contributed by atoms with E-state index in [4.69, 9.17) is 4.42 Å². The monoisotopic (exact) mass is 384 g/mol. The highest BCUT2D eigenvalue weighted by Gasteiger charge is 2.11. The Morgan fingerprint density at radius 2 is 1.82 bits per heavy atom. The van der Waals surface area contributed by atoms with Crippen LogP contribution in [-0.2, 0) is 0 Å². The van der Waals surface area contributed by atoms with Crippen LogP contribution in [0.15, 0.2) is 82.6 Å². The van der Waals surface area contributed by atoms with Crippen LogP contribution in [-0.4, -0.2) is 15.7 Å². The minimum Gasteiger partial charge on any atom is -0.455 e. The van der Waals surface area contributed by atoms with E-state index < -0.39 is 0 Å². The lowest BCUT2D eigenvalue weighted by molar-refractivity contribution is 0.604. The molecule has 28 heavy (non-hydrogen) atoms. The summed E-state index contributed by atoms with van der Waals surface area (Å²) in [6.45, 7) is 1.91. The van der Waals surface area contributed by atoms with Crippen LogP contribution in [0.25, 0.3) is 31.6 Å². The standard InChI is InChI=1S/C22H16N4OS/c1-14(19-11-16-9-5-6-10-18(16)27-19)25-26-21-17-12-20(15-7-3-2-4-8-15)28-22(17)24-13-23-21/h2-13H,1H3,(H,23,24,26)/b25-14-. The number of hydrogen-bond acceptors (Lipinski definition) is 6. The van der Waals surface area contributed by atoms with Crippen LogP contribution in [0.1, 0.15) is 12.7 Å². The van der Waals surface area contributed by atoms with Gasteiger partial charge in [-0.25, -0.2) is 9.97 Å². The first-order valence-corrected chi connectivity index (χ1v) is 9.69. The third kappa shape index (κ3) is 3.04. The van der Waals surface area contributed by atoms with E-state index in [2.05, 4.69) is 38.7 Å². The molecule has 0 saturated heterocycles. The van der Waals surface area contributed by atoms with Crippen molar-refractivity contribution >= 4 is 44.1 Å². The topological polar surface area (TPSA) is 63.3 Å². The molecular weight excluding hydrogens is 368 g/mol. The highest BCUT2D eigenvalue weighted by Crippen LogP contribution is 2.34. The third-order valence-electron chi connectivity index (χ3n) is 4.50. The number of hydrazone groups is 1. The van der Waals surface area contributed by atoms with E-state index in [9.17, 15) is 0 Å². The number of aromatic nitrogens is 2. The van der Waals surface area contributed by atoms with Crippen LogP contribution in [0.4, 0.5) is 5.82 Å².